The highest BCUT2D eigenvalue weighted by Crippen LogP contribution is 2.33. The summed E-state index contributed by atoms with van der Waals surface area (Å²) in [5.41, 5.74) is 1.65. The minimum atomic E-state index is -1.82. The number of hydrogen-bond acceptors (Lipinski definition) is 9. The zero-order valence-corrected chi connectivity index (χ0v) is 20.8. The molecule has 0 unspecified atom stereocenters. The van der Waals surface area contributed by atoms with Gasteiger partial charge in [0.25, 0.3) is 5.91 Å². The van der Waals surface area contributed by atoms with Crippen LogP contribution in [0.25, 0.3) is 0 Å². The molecule has 1 amide bonds. The molecule has 0 saturated carbocycles. The molecule has 2 rings (SSSR count). The Bertz CT molecular complexity index is 1000. The van der Waals surface area contributed by atoms with Crippen molar-refractivity contribution >= 4 is 58.4 Å². The number of aliphatic hydroxyl groups is 2. The lowest BCUT2D eigenvalue weighted by atomic mass is 10.1. The Hall–Kier alpha value is -2.37. The Kier molecular flexibility index (Phi) is 10.6. The first-order valence-electron chi connectivity index (χ1n) is 10.1. The summed E-state index contributed by atoms with van der Waals surface area (Å²) < 4.78 is 7.07. The number of nitrogens with zero attached hydrogens (tertiary/aromatic N) is 1. The van der Waals surface area contributed by atoms with Crippen LogP contribution in [-0.2, 0) is 20.7 Å². The van der Waals surface area contributed by atoms with Crippen molar-refractivity contribution in [2.45, 2.75) is 37.2 Å². The van der Waals surface area contributed by atoms with E-state index in [4.69, 9.17) is 27.9 Å². The van der Waals surface area contributed by atoms with Crippen LogP contribution in [0, 0.1) is 4.91 Å². The molecule has 2 aromatic carbocycles. The zero-order chi connectivity index (χ0) is 25.3. The molecular weight excluding hydrogens is 505 g/mol. The lowest BCUT2D eigenvalue weighted by molar-refractivity contribution is -0.152. The van der Waals surface area contributed by atoms with E-state index in [-0.39, 0.29) is 13.0 Å². The smallest absolute Gasteiger partial charge is 0.310 e. The average molecular weight is 530 g/mol. The summed E-state index contributed by atoms with van der Waals surface area (Å²) in [6.45, 7) is 2.80. The van der Waals surface area contributed by atoms with E-state index in [1.165, 1.54) is 0 Å². The largest absolute Gasteiger partial charge is 0.463 e. The van der Waals surface area contributed by atoms with Gasteiger partial charge in [0.05, 0.1) is 26.9 Å². The maximum atomic E-state index is 12.3. The van der Waals surface area contributed by atoms with Gasteiger partial charge in [-0.25, -0.2) is 0 Å². The van der Waals surface area contributed by atoms with Crippen molar-refractivity contribution in [3.8, 4) is 0 Å². The molecule has 4 N–H and O–H groups in total. The van der Waals surface area contributed by atoms with Gasteiger partial charge in [-0.3, -0.25) is 9.59 Å². The molecule has 0 aliphatic carbocycles. The normalized spacial score (nSPS) is 13.0. The molecule has 0 aliphatic heterocycles. The minimum Gasteiger partial charge on any atom is -0.463 e. The van der Waals surface area contributed by atoms with Crippen LogP contribution < -0.4 is 10.6 Å². The third-order valence-electron chi connectivity index (χ3n) is 4.60. The molecule has 2 atom stereocenters. The summed E-state index contributed by atoms with van der Waals surface area (Å²) in [6.07, 6.45) is -3.61. The molecule has 0 saturated heterocycles. The third-order valence-corrected chi connectivity index (χ3v) is 5.94. The SMILES string of the molecule is CC(C)(CNC(=O)[C@H](O)[C@H](O)COC(=O)Cc1ccccc1Nc1c(Cl)cccc1Cl)SN=O. The lowest BCUT2D eigenvalue weighted by Gasteiger charge is -2.22. The minimum absolute atomic E-state index is 0.0328. The fraction of sp³-hybridized carbons (Fsp3) is 0.364. The molecule has 0 fully saturated rings. The van der Waals surface area contributed by atoms with E-state index < -0.39 is 35.4 Å². The van der Waals surface area contributed by atoms with Crippen LogP contribution in [0.4, 0.5) is 11.4 Å². The van der Waals surface area contributed by atoms with Gasteiger partial charge < -0.3 is 25.6 Å². The van der Waals surface area contributed by atoms with E-state index >= 15 is 0 Å². The number of halogens is 2. The molecule has 0 aromatic heterocycles. The van der Waals surface area contributed by atoms with Gasteiger partial charge in [0.2, 0.25) is 0 Å². The molecule has 9 nitrogen and oxygen atoms in total. The predicted molar refractivity (Wildman–Crippen MR) is 133 cm³/mol. The number of carbonyl (C=O) groups excluding carboxylic acids is 2. The Morgan fingerprint density at radius 3 is 2.41 bits per heavy atom. The van der Waals surface area contributed by atoms with Crippen molar-refractivity contribution in [3.05, 3.63) is 63.0 Å². The quantitative estimate of drug-likeness (QED) is 0.185. The number of amides is 1. The van der Waals surface area contributed by atoms with Crippen molar-refractivity contribution in [2.24, 2.45) is 4.58 Å². The van der Waals surface area contributed by atoms with Crippen LogP contribution in [0.3, 0.4) is 0 Å². The average Bonchev–Trinajstić information content (AvgIpc) is 2.79. The fourth-order valence-corrected chi connectivity index (χ4v) is 3.57. The highest BCUT2D eigenvalue weighted by Gasteiger charge is 2.28. The number of ether oxygens (including phenoxy) is 1. The Morgan fingerprint density at radius 2 is 1.76 bits per heavy atom. The van der Waals surface area contributed by atoms with Crippen LogP contribution in [0.1, 0.15) is 19.4 Å². The second-order valence-electron chi connectivity index (χ2n) is 7.89. The molecule has 184 valence electrons. The summed E-state index contributed by atoms with van der Waals surface area (Å²) >= 11 is 13.1. The molecule has 12 heteroatoms. The van der Waals surface area contributed by atoms with Crippen molar-refractivity contribution in [1.82, 2.24) is 5.32 Å². The van der Waals surface area contributed by atoms with Crippen molar-refractivity contribution < 1.29 is 24.5 Å². The van der Waals surface area contributed by atoms with Crippen LogP contribution >= 0.6 is 35.1 Å². The highest BCUT2D eigenvalue weighted by atomic mass is 35.5. The number of nitrogens with one attached hydrogen (secondary N) is 2. The van der Waals surface area contributed by atoms with Crippen LogP contribution in [0.5, 0.6) is 0 Å². The van der Waals surface area contributed by atoms with E-state index in [0.717, 1.165) is 11.9 Å². The molecule has 34 heavy (non-hydrogen) atoms. The second-order valence-corrected chi connectivity index (χ2v) is 10.1. The maximum absolute atomic E-state index is 12.3. The van der Waals surface area contributed by atoms with E-state index in [9.17, 15) is 24.7 Å². The monoisotopic (exact) mass is 529 g/mol. The third kappa shape index (κ3) is 8.44. The second kappa shape index (κ2) is 12.9. The number of rotatable bonds is 12. The number of anilines is 2. The number of hydrogen-bond donors (Lipinski definition) is 4. The van der Waals surface area contributed by atoms with Crippen LogP contribution in [-0.4, -0.2) is 52.2 Å². The van der Waals surface area contributed by atoms with Gasteiger partial charge in [-0.2, -0.15) is 0 Å². The van der Waals surface area contributed by atoms with Gasteiger partial charge in [-0.05, 0) is 37.6 Å². The predicted octanol–water partition coefficient (Wildman–Crippen LogP) is 3.85. The van der Waals surface area contributed by atoms with E-state index in [1.807, 2.05) is 0 Å². The fourth-order valence-electron chi connectivity index (χ4n) is 2.74. The number of aliphatic hydroxyl groups excluding tert-OH is 2. The summed E-state index contributed by atoms with van der Waals surface area (Å²) in [7, 11) is 0. The van der Waals surface area contributed by atoms with E-state index in [1.54, 1.807) is 56.3 Å². The van der Waals surface area contributed by atoms with Crippen molar-refractivity contribution in [3.63, 3.8) is 0 Å². The van der Waals surface area contributed by atoms with Gasteiger partial charge in [0.15, 0.2) is 6.10 Å². The topological polar surface area (TPSA) is 137 Å². The van der Waals surface area contributed by atoms with Gasteiger partial charge in [-0.1, -0.05) is 47.5 Å². The first-order chi connectivity index (χ1) is 16.0. The van der Waals surface area contributed by atoms with Crippen LogP contribution in [0.15, 0.2) is 47.0 Å². The number of carbonyl (C=O) groups is 2. The number of esters is 1. The molecular formula is C22H25Cl2N3O6S. The van der Waals surface area contributed by atoms with Gasteiger partial charge in [0.1, 0.15) is 12.7 Å². The maximum Gasteiger partial charge on any atom is 0.310 e. The first kappa shape index (κ1) is 27.9. The summed E-state index contributed by atoms with van der Waals surface area (Å²) in [5.74, 6) is -1.55. The standard InChI is InChI=1S/C22H25Cl2N3O6S/c1-22(2,34-27-32)12-25-21(31)20(30)17(28)11-33-18(29)10-13-6-3-4-9-16(13)26-19-14(23)7-5-8-15(19)24/h3-9,17,20,26,28,30H,10-12H2,1-2H3,(H,25,31)/t17-,20-/m1/s1. The van der Waals surface area contributed by atoms with Crippen LogP contribution in [0.2, 0.25) is 10.0 Å². The van der Waals surface area contributed by atoms with Gasteiger partial charge >= 0.3 is 5.97 Å². The van der Waals surface area contributed by atoms with E-state index in [2.05, 4.69) is 15.2 Å². The summed E-state index contributed by atoms with van der Waals surface area (Å²) in [4.78, 5) is 34.8. The molecule has 0 aliphatic rings. The molecule has 0 bridgehead atoms. The van der Waals surface area contributed by atoms with Gasteiger partial charge in [-0.15, -0.1) is 4.91 Å². The molecule has 0 radical (unpaired) electrons. The number of benzene rings is 2. The van der Waals surface area contributed by atoms with Crippen molar-refractivity contribution in [1.29, 1.82) is 0 Å². The number of para-hydroxylation sites is 2. The Balaban J connectivity index is 1.92. The number of nitroso groups, excluding NO2 is 1. The molecule has 0 spiro atoms. The van der Waals surface area contributed by atoms with E-state index in [0.29, 0.717) is 27.0 Å². The Morgan fingerprint density at radius 1 is 1.12 bits per heavy atom. The Labute approximate surface area is 211 Å². The highest BCUT2D eigenvalue weighted by molar-refractivity contribution is 7.99. The zero-order valence-electron chi connectivity index (χ0n) is 18.5. The molecule has 0 heterocycles. The summed E-state index contributed by atoms with van der Waals surface area (Å²) in [5, 5.41) is 26.4. The lowest BCUT2D eigenvalue weighted by Crippen LogP contribution is -2.47. The first-order valence-corrected chi connectivity index (χ1v) is 11.7. The molecule has 2 aromatic rings. The summed E-state index contributed by atoms with van der Waals surface area (Å²) in [6, 6.07) is 12.0. The van der Waals surface area contributed by atoms with Gasteiger partial charge in [0, 0.05) is 28.8 Å². The van der Waals surface area contributed by atoms with Crippen molar-refractivity contribution in [2.75, 3.05) is 18.5 Å².